The minimum absolute atomic E-state index is 0.199. The van der Waals surface area contributed by atoms with E-state index in [1.165, 1.54) is 28.5 Å². The van der Waals surface area contributed by atoms with E-state index in [0.29, 0.717) is 5.13 Å². The smallest absolute Gasteiger partial charge is 0.250 e. The molecule has 3 aromatic rings. The van der Waals surface area contributed by atoms with E-state index in [4.69, 9.17) is 4.74 Å². The molecule has 2 aromatic carbocycles. The Hall–Kier alpha value is -2.92. The Balaban J connectivity index is 1.58. The number of carbonyl (C=O) groups is 1. The van der Waals surface area contributed by atoms with Crippen molar-refractivity contribution < 1.29 is 9.53 Å². The van der Waals surface area contributed by atoms with Crippen molar-refractivity contribution in [3.63, 3.8) is 0 Å². The molecule has 5 heteroatoms. The fourth-order valence-corrected chi connectivity index (χ4v) is 3.51. The van der Waals surface area contributed by atoms with E-state index in [1.807, 2.05) is 29.6 Å². The molecule has 1 amide bonds. The van der Waals surface area contributed by atoms with Crippen molar-refractivity contribution in [1.29, 1.82) is 0 Å². The fourth-order valence-electron chi connectivity index (χ4n) is 2.80. The highest BCUT2D eigenvalue weighted by Crippen LogP contribution is 2.28. The summed E-state index contributed by atoms with van der Waals surface area (Å²) in [4.78, 5) is 16.8. The molecule has 0 unspecified atom stereocenters. The number of ether oxygens (including phenoxy) is 1. The number of hydrogen-bond acceptors (Lipinski definition) is 4. The molecule has 4 nitrogen and oxygen atoms in total. The zero-order valence-corrected chi connectivity index (χ0v) is 17.9. The molecule has 0 radical (unpaired) electrons. The lowest BCUT2D eigenvalue weighted by Gasteiger charge is -2.05. The maximum atomic E-state index is 12.2. The van der Waals surface area contributed by atoms with E-state index in [1.54, 1.807) is 6.08 Å². The van der Waals surface area contributed by atoms with Gasteiger partial charge in [-0.25, -0.2) is 4.98 Å². The average molecular weight is 407 g/mol. The summed E-state index contributed by atoms with van der Waals surface area (Å²) >= 11 is 1.43. The summed E-state index contributed by atoms with van der Waals surface area (Å²) in [5.74, 6) is 0.650. The van der Waals surface area contributed by atoms with Crippen LogP contribution in [0.1, 0.15) is 36.5 Å². The van der Waals surface area contributed by atoms with Gasteiger partial charge >= 0.3 is 0 Å². The first-order valence-corrected chi connectivity index (χ1v) is 10.7. The zero-order valence-electron chi connectivity index (χ0n) is 17.1. The molecule has 0 saturated carbocycles. The molecular weight excluding hydrogens is 380 g/mol. The second-order valence-corrected chi connectivity index (χ2v) is 7.81. The van der Waals surface area contributed by atoms with Crippen LogP contribution in [-0.4, -0.2) is 17.5 Å². The third kappa shape index (κ3) is 6.03. The minimum Gasteiger partial charge on any atom is -0.494 e. The van der Waals surface area contributed by atoms with Gasteiger partial charge in [0.15, 0.2) is 5.13 Å². The van der Waals surface area contributed by atoms with Crippen molar-refractivity contribution in [1.82, 2.24) is 4.98 Å². The summed E-state index contributed by atoms with van der Waals surface area (Å²) in [6.45, 7) is 6.99. The predicted octanol–water partition coefficient (Wildman–Crippen LogP) is 6.26. The van der Waals surface area contributed by atoms with Crippen molar-refractivity contribution >= 4 is 28.5 Å². The monoisotopic (exact) mass is 406 g/mol. The summed E-state index contributed by atoms with van der Waals surface area (Å²) < 4.78 is 5.65. The Labute approximate surface area is 176 Å². The standard InChI is InChI=1S/C24H26N2O2S/c1-4-5-14-28-20-11-8-19(9-12-20)10-13-23(27)26-24-25-22(16-29-24)21-15-17(2)6-7-18(21)3/h6-13,15-16H,4-5,14H2,1-3H3,(H,25,26,27)/b13-10+. The Bertz CT molecular complexity index is 990. The van der Waals surface area contributed by atoms with Crippen LogP contribution in [0.25, 0.3) is 17.3 Å². The van der Waals surface area contributed by atoms with Gasteiger partial charge in [-0.1, -0.05) is 43.2 Å². The summed E-state index contributed by atoms with van der Waals surface area (Å²) in [5.41, 5.74) is 5.28. The Morgan fingerprint density at radius 3 is 2.72 bits per heavy atom. The van der Waals surface area contributed by atoms with Crippen LogP contribution >= 0.6 is 11.3 Å². The van der Waals surface area contributed by atoms with Gasteiger partial charge in [-0.3, -0.25) is 10.1 Å². The van der Waals surface area contributed by atoms with E-state index in [0.717, 1.165) is 42.0 Å². The van der Waals surface area contributed by atoms with E-state index in [2.05, 4.69) is 49.3 Å². The first-order chi connectivity index (χ1) is 14.0. The van der Waals surface area contributed by atoms with Gasteiger partial charge in [-0.2, -0.15) is 0 Å². The molecule has 0 saturated heterocycles. The van der Waals surface area contributed by atoms with E-state index < -0.39 is 0 Å². The number of benzene rings is 2. The Morgan fingerprint density at radius 2 is 1.97 bits per heavy atom. The number of hydrogen-bond donors (Lipinski definition) is 1. The van der Waals surface area contributed by atoms with Gasteiger partial charge in [0.1, 0.15) is 5.75 Å². The normalized spacial score (nSPS) is 11.0. The minimum atomic E-state index is -0.199. The van der Waals surface area contributed by atoms with Crippen molar-refractivity contribution in [2.45, 2.75) is 33.6 Å². The summed E-state index contributed by atoms with van der Waals surface area (Å²) in [5, 5.41) is 5.40. The molecule has 0 spiro atoms. The second kappa shape index (κ2) is 10.0. The van der Waals surface area contributed by atoms with Crippen molar-refractivity contribution in [2.24, 2.45) is 0 Å². The van der Waals surface area contributed by atoms with Crippen molar-refractivity contribution in [2.75, 3.05) is 11.9 Å². The third-order valence-electron chi connectivity index (χ3n) is 4.48. The molecular formula is C24H26N2O2S. The molecule has 0 fully saturated rings. The second-order valence-electron chi connectivity index (χ2n) is 6.95. The lowest BCUT2D eigenvalue weighted by atomic mass is 10.0. The number of thiazole rings is 1. The number of nitrogens with one attached hydrogen (secondary N) is 1. The zero-order chi connectivity index (χ0) is 20.6. The molecule has 0 aliphatic rings. The largest absolute Gasteiger partial charge is 0.494 e. The van der Waals surface area contributed by atoms with Gasteiger partial charge in [-0.15, -0.1) is 11.3 Å². The molecule has 1 N–H and O–H groups in total. The Morgan fingerprint density at radius 1 is 1.17 bits per heavy atom. The number of rotatable bonds is 8. The number of anilines is 1. The highest BCUT2D eigenvalue weighted by atomic mass is 32.1. The number of aryl methyl sites for hydroxylation is 2. The average Bonchev–Trinajstić information content (AvgIpc) is 3.17. The molecule has 0 atom stereocenters. The van der Waals surface area contributed by atoms with Gasteiger partial charge < -0.3 is 4.74 Å². The van der Waals surface area contributed by atoms with Crippen LogP contribution in [0.3, 0.4) is 0 Å². The lowest BCUT2D eigenvalue weighted by molar-refractivity contribution is -0.111. The van der Waals surface area contributed by atoms with Crippen LogP contribution in [-0.2, 0) is 4.79 Å². The molecule has 3 rings (SSSR count). The fraction of sp³-hybridized carbons (Fsp3) is 0.250. The maximum Gasteiger partial charge on any atom is 0.250 e. The van der Waals surface area contributed by atoms with Gasteiger partial charge in [0, 0.05) is 17.0 Å². The molecule has 0 bridgehead atoms. The van der Waals surface area contributed by atoms with Gasteiger partial charge in [0.05, 0.1) is 12.3 Å². The van der Waals surface area contributed by atoms with Crippen molar-refractivity contribution in [3.05, 3.63) is 70.6 Å². The first kappa shape index (κ1) is 20.8. The van der Waals surface area contributed by atoms with Crippen LogP contribution in [0.2, 0.25) is 0 Å². The Kier molecular flexibility index (Phi) is 7.19. The number of carbonyl (C=O) groups excluding carboxylic acids is 1. The SMILES string of the molecule is CCCCOc1ccc(/C=C/C(=O)Nc2nc(-c3cc(C)ccc3C)cs2)cc1. The van der Waals surface area contributed by atoms with Crippen LogP contribution in [0.15, 0.2) is 53.9 Å². The summed E-state index contributed by atoms with van der Waals surface area (Å²) in [6.07, 6.45) is 5.46. The van der Waals surface area contributed by atoms with Gasteiger partial charge in [0.2, 0.25) is 5.91 Å². The summed E-state index contributed by atoms with van der Waals surface area (Å²) in [7, 11) is 0. The number of aromatic nitrogens is 1. The maximum absolute atomic E-state index is 12.2. The lowest BCUT2D eigenvalue weighted by Crippen LogP contribution is -2.07. The first-order valence-electron chi connectivity index (χ1n) is 9.80. The highest BCUT2D eigenvalue weighted by molar-refractivity contribution is 7.14. The quantitative estimate of drug-likeness (QED) is 0.355. The highest BCUT2D eigenvalue weighted by Gasteiger charge is 2.09. The molecule has 0 aliphatic heterocycles. The molecule has 1 aromatic heterocycles. The number of amides is 1. The predicted molar refractivity (Wildman–Crippen MR) is 122 cm³/mol. The third-order valence-corrected chi connectivity index (χ3v) is 5.23. The van der Waals surface area contributed by atoms with Gasteiger partial charge in [-0.05, 0) is 55.7 Å². The topological polar surface area (TPSA) is 51.2 Å². The molecule has 1 heterocycles. The van der Waals surface area contributed by atoms with Crippen LogP contribution < -0.4 is 10.1 Å². The van der Waals surface area contributed by atoms with E-state index in [-0.39, 0.29) is 5.91 Å². The van der Waals surface area contributed by atoms with E-state index in [9.17, 15) is 4.79 Å². The van der Waals surface area contributed by atoms with Gasteiger partial charge in [0.25, 0.3) is 0 Å². The summed E-state index contributed by atoms with van der Waals surface area (Å²) in [6, 6.07) is 14.0. The number of unbranched alkanes of at least 4 members (excludes halogenated alkanes) is 1. The van der Waals surface area contributed by atoms with Crippen LogP contribution in [0.5, 0.6) is 5.75 Å². The molecule has 150 valence electrons. The van der Waals surface area contributed by atoms with Crippen LogP contribution in [0, 0.1) is 13.8 Å². The van der Waals surface area contributed by atoms with Crippen LogP contribution in [0.4, 0.5) is 5.13 Å². The van der Waals surface area contributed by atoms with E-state index >= 15 is 0 Å². The molecule has 0 aliphatic carbocycles. The molecule has 29 heavy (non-hydrogen) atoms. The van der Waals surface area contributed by atoms with Crippen molar-refractivity contribution in [3.8, 4) is 17.0 Å². The number of nitrogens with zero attached hydrogens (tertiary/aromatic N) is 1.